The third-order valence-electron chi connectivity index (χ3n) is 3.75. The van der Waals surface area contributed by atoms with Gasteiger partial charge in [-0.15, -0.1) is 0 Å². The van der Waals surface area contributed by atoms with Gasteiger partial charge in [0, 0.05) is 11.5 Å². The lowest BCUT2D eigenvalue weighted by Gasteiger charge is -2.44. The fourth-order valence-corrected chi connectivity index (χ4v) is 2.71. The van der Waals surface area contributed by atoms with Crippen LogP contribution in [0, 0.1) is 5.92 Å². The molecule has 0 radical (unpaired) electrons. The molecule has 0 aromatic carbocycles. The second-order valence-corrected chi connectivity index (χ2v) is 4.40. The van der Waals surface area contributed by atoms with E-state index >= 15 is 0 Å². The first-order valence-electron chi connectivity index (χ1n) is 5.05. The summed E-state index contributed by atoms with van der Waals surface area (Å²) in [5.41, 5.74) is 0.401. The Labute approximate surface area is 74.9 Å². The highest BCUT2D eigenvalue weighted by molar-refractivity contribution is 4.99. The van der Waals surface area contributed by atoms with E-state index in [0.717, 1.165) is 19.1 Å². The molecule has 0 saturated carbocycles. The molecule has 0 aromatic heterocycles. The first-order chi connectivity index (χ1) is 5.76. The molecule has 0 aliphatic carbocycles. The minimum atomic E-state index is 0.401. The minimum Gasteiger partial charge on any atom is -0.379 e. The van der Waals surface area contributed by atoms with Crippen molar-refractivity contribution in [3.8, 4) is 0 Å². The van der Waals surface area contributed by atoms with Gasteiger partial charge in [0.05, 0.1) is 13.2 Å². The van der Waals surface area contributed by atoms with Crippen molar-refractivity contribution < 1.29 is 4.74 Å². The third kappa shape index (κ3) is 1.09. The second kappa shape index (κ2) is 3.00. The normalized spacial score (nSPS) is 44.0. The lowest BCUT2D eigenvalue weighted by Crippen LogP contribution is -2.53. The van der Waals surface area contributed by atoms with Crippen molar-refractivity contribution in [3.05, 3.63) is 0 Å². The van der Waals surface area contributed by atoms with Crippen molar-refractivity contribution in [2.75, 3.05) is 26.8 Å². The summed E-state index contributed by atoms with van der Waals surface area (Å²) in [6, 6.07) is 0. The predicted molar refractivity (Wildman–Crippen MR) is 49.2 cm³/mol. The molecular weight excluding hydrogens is 150 g/mol. The van der Waals surface area contributed by atoms with Crippen molar-refractivity contribution in [2.45, 2.75) is 31.7 Å². The molecule has 2 aliphatic rings. The Bertz CT molecular complexity index is 171. The Hall–Kier alpha value is -0.0800. The van der Waals surface area contributed by atoms with Gasteiger partial charge >= 0.3 is 0 Å². The van der Waals surface area contributed by atoms with E-state index in [0.29, 0.717) is 5.54 Å². The molecule has 2 atom stereocenters. The van der Waals surface area contributed by atoms with Crippen molar-refractivity contribution >= 4 is 0 Å². The molecule has 0 bridgehead atoms. The van der Waals surface area contributed by atoms with Gasteiger partial charge in [0.2, 0.25) is 0 Å². The molecule has 2 fully saturated rings. The van der Waals surface area contributed by atoms with Crippen molar-refractivity contribution in [1.82, 2.24) is 4.90 Å². The van der Waals surface area contributed by atoms with Crippen LogP contribution in [0.1, 0.15) is 26.2 Å². The Kier molecular flexibility index (Phi) is 2.13. The van der Waals surface area contributed by atoms with E-state index in [-0.39, 0.29) is 0 Å². The molecule has 0 amide bonds. The zero-order valence-electron chi connectivity index (χ0n) is 8.18. The van der Waals surface area contributed by atoms with Crippen molar-refractivity contribution in [1.29, 1.82) is 0 Å². The van der Waals surface area contributed by atoms with Crippen LogP contribution in [-0.4, -0.2) is 37.2 Å². The topological polar surface area (TPSA) is 12.5 Å². The van der Waals surface area contributed by atoms with Crippen LogP contribution in [-0.2, 0) is 4.74 Å². The number of likely N-dealkylation sites (N-methyl/N-ethyl adjacent to an activating group) is 1. The van der Waals surface area contributed by atoms with Crippen LogP contribution in [0.4, 0.5) is 0 Å². The standard InChI is InChI=1S/C10H19NO/c1-9-7-12-8-10(9)5-3-4-6-11(10)2/h9H,3-8H2,1-2H3. The molecule has 12 heavy (non-hydrogen) atoms. The fourth-order valence-electron chi connectivity index (χ4n) is 2.71. The van der Waals surface area contributed by atoms with Gasteiger partial charge < -0.3 is 4.74 Å². The van der Waals surface area contributed by atoms with Gasteiger partial charge in [-0.1, -0.05) is 13.3 Å². The molecule has 2 unspecified atom stereocenters. The Morgan fingerprint density at radius 3 is 2.83 bits per heavy atom. The smallest absolute Gasteiger partial charge is 0.0653 e. The van der Waals surface area contributed by atoms with E-state index in [4.69, 9.17) is 4.74 Å². The van der Waals surface area contributed by atoms with Gasteiger partial charge in [-0.3, -0.25) is 4.90 Å². The number of nitrogens with zero attached hydrogens (tertiary/aromatic N) is 1. The maximum absolute atomic E-state index is 5.58. The summed E-state index contributed by atoms with van der Waals surface area (Å²) in [7, 11) is 2.25. The quantitative estimate of drug-likeness (QED) is 0.545. The number of hydrogen-bond acceptors (Lipinski definition) is 2. The van der Waals surface area contributed by atoms with Crippen LogP contribution in [0.15, 0.2) is 0 Å². The number of piperidine rings is 1. The highest BCUT2D eigenvalue weighted by Gasteiger charge is 2.45. The monoisotopic (exact) mass is 169 g/mol. The first-order valence-corrected chi connectivity index (χ1v) is 5.05. The molecule has 2 heteroatoms. The van der Waals surface area contributed by atoms with Crippen LogP contribution < -0.4 is 0 Å². The number of likely N-dealkylation sites (tertiary alicyclic amines) is 1. The van der Waals surface area contributed by atoms with E-state index in [9.17, 15) is 0 Å². The Balaban J connectivity index is 2.15. The van der Waals surface area contributed by atoms with Crippen LogP contribution in [0.25, 0.3) is 0 Å². The van der Waals surface area contributed by atoms with Crippen molar-refractivity contribution in [3.63, 3.8) is 0 Å². The molecule has 70 valence electrons. The molecule has 1 spiro atoms. The average Bonchev–Trinajstić information content (AvgIpc) is 2.41. The van der Waals surface area contributed by atoms with Crippen LogP contribution >= 0.6 is 0 Å². The summed E-state index contributed by atoms with van der Waals surface area (Å²) in [5, 5.41) is 0. The molecule has 2 rings (SSSR count). The number of rotatable bonds is 0. The molecule has 2 heterocycles. The Morgan fingerprint density at radius 2 is 2.25 bits per heavy atom. The van der Waals surface area contributed by atoms with Gasteiger partial charge in [0.25, 0.3) is 0 Å². The van der Waals surface area contributed by atoms with Gasteiger partial charge in [-0.2, -0.15) is 0 Å². The highest BCUT2D eigenvalue weighted by atomic mass is 16.5. The van der Waals surface area contributed by atoms with Crippen molar-refractivity contribution in [2.24, 2.45) is 5.92 Å². The zero-order chi connectivity index (χ0) is 8.60. The van der Waals surface area contributed by atoms with E-state index in [2.05, 4.69) is 18.9 Å². The lowest BCUT2D eigenvalue weighted by molar-refractivity contribution is 0.0383. The van der Waals surface area contributed by atoms with E-state index in [1.54, 1.807) is 0 Å². The summed E-state index contributed by atoms with van der Waals surface area (Å²) in [4.78, 5) is 2.52. The van der Waals surface area contributed by atoms with Crippen LogP contribution in [0.2, 0.25) is 0 Å². The summed E-state index contributed by atoms with van der Waals surface area (Å²) >= 11 is 0. The zero-order valence-corrected chi connectivity index (χ0v) is 8.18. The van der Waals surface area contributed by atoms with Gasteiger partial charge in [0.15, 0.2) is 0 Å². The van der Waals surface area contributed by atoms with E-state index in [1.165, 1.54) is 25.8 Å². The molecular formula is C10H19NO. The minimum absolute atomic E-state index is 0.401. The third-order valence-corrected chi connectivity index (χ3v) is 3.75. The second-order valence-electron chi connectivity index (χ2n) is 4.40. The lowest BCUT2D eigenvalue weighted by atomic mass is 9.80. The maximum atomic E-state index is 5.58. The van der Waals surface area contributed by atoms with Crippen LogP contribution in [0.3, 0.4) is 0 Å². The summed E-state index contributed by atoms with van der Waals surface area (Å²) in [6.07, 6.45) is 4.09. The molecule has 2 nitrogen and oxygen atoms in total. The van der Waals surface area contributed by atoms with Crippen LogP contribution in [0.5, 0.6) is 0 Å². The SMILES string of the molecule is CC1COCC12CCCCN2C. The predicted octanol–water partition coefficient (Wildman–Crippen LogP) is 1.51. The molecule has 0 N–H and O–H groups in total. The summed E-state index contributed by atoms with van der Waals surface area (Å²) in [6.45, 7) is 5.51. The summed E-state index contributed by atoms with van der Waals surface area (Å²) < 4.78 is 5.58. The number of hydrogen-bond donors (Lipinski definition) is 0. The maximum Gasteiger partial charge on any atom is 0.0653 e. The molecule has 2 saturated heterocycles. The largest absolute Gasteiger partial charge is 0.379 e. The first kappa shape index (κ1) is 8.52. The van der Waals surface area contributed by atoms with Gasteiger partial charge in [-0.05, 0) is 26.4 Å². The highest BCUT2D eigenvalue weighted by Crippen LogP contribution is 2.37. The molecule has 2 aliphatic heterocycles. The van der Waals surface area contributed by atoms with E-state index in [1.807, 2.05) is 0 Å². The van der Waals surface area contributed by atoms with Gasteiger partial charge in [0.1, 0.15) is 0 Å². The van der Waals surface area contributed by atoms with E-state index < -0.39 is 0 Å². The Morgan fingerprint density at radius 1 is 1.42 bits per heavy atom. The fraction of sp³-hybridized carbons (Fsp3) is 1.00. The number of ether oxygens (including phenoxy) is 1. The molecule has 0 aromatic rings. The van der Waals surface area contributed by atoms with Gasteiger partial charge in [-0.25, -0.2) is 0 Å². The average molecular weight is 169 g/mol. The summed E-state index contributed by atoms with van der Waals surface area (Å²) in [5.74, 6) is 0.725.